The van der Waals surface area contributed by atoms with E-state index >= 15 is 0 Å². The van der Waals surface area contributed by atoms with E-state index in [0.29, 0.717) is 17.6 Å². The van der Waals surface area contributed by atoms with Crippen molar-refractivity contribution in [1.82, 2.24) is 14.5 Å². The maximum atomic E-state index is 12.8. The molecule has 1 fully saturated rings. The van der Waals surface area contributed by atoms with Crippen molar-refractivity contribution >= 4 is 22.6 Å². The lowest BCUT2D eigenvalue weighted by atomic mass is 10.1. The van der Waals surface area contributed by atoms with Gasteiger partial charge in [0.15, 0.2) is 0 Å². The molecule has 0 spiro atoms. The summed E-state index contributed by atoms with van der Waals surface area (Å²) in [5.41, 5.74) is 3.44. The zero-order valence-electron chi connectivity index (χ0n) is 16.8. The molecule has 1 aromatic heterocycles. The van der Waals surface area contributed by atoms with Gasteiger partial charge < -0.3 is 9.80 Å². The van der Waals surface area contributed by atoms with E-state index in [1.807, 2.05) is 24.3 Å². The van der Waals surface area contributed by atoms with Crippen LogP contribution in [0.4, 0.5) is 5.69 Å². The number of rotatable bonds is 5. The van der Waals surface area contributed by atoms with E-state index in [9.17, 15) is 9.59 Å². The molecule has 3 aromatic rings. The molecule has 6 heteroatoms. The Hall–Kier alpha value is -3.15. The van der Waals surface area contributed by atoms with Gasteiger partial charge in [0.1, 0.15) is 6.54 Å². The summed E-state index contributed by atoms with van der Waals surface area (Å²) < 4.78 is 1.49. The first-order chi connectivity index (χ1) is 14.1. The molecular weight excluding hydrogens is 364 g/mol. The molecule has 1 aliphatic heterocycles. The summed E-state index contributed by atoms with van der Waals surface area (Å²) in [6.45, 7) is 2.75. The summed E-state index contributed by atoms with van der Waals surface area (Å²) in [6, 6.07) is 15.8. The zero-order valence-corrected chi connectivity index (χ0v) is 16.8. The van der Waals surface area contributed by atoms with Crippen LogP contribution in [-0.4, -0.2) is 40.5 Å². The number of carbonyl (C=O) groups excluding carboxylic acids is 1. The Bertz CT molecular complexity index is 1050. The molecule has 0 N–H and O–H groups in total. The lowest BCUT2D eigenvalue weighted by molar-refractivity contribution is -0.131. The number of likely N-dealkylation sites (N-methyl/N-ethyl adjacent to an activating group) is 1. The van der Waals surface area contributed by atoms with Gasteiger partial charge in [0.05, 0.1) is 17.2 Å². The van der Waals surface area contributed by atoms with Gasteiger partial charge in [0.25, 0.3) is 5.56 Å². The van der Waals surface area contributed by atoms with Crippen LogP contribution in [0.5, 0.6) is 0 Å². The van der Waals surface area contributed by atoms with Crippen molar-refractivity contribution in [1.29, 1.82) is 0 Å². The fraction of sp³-hybridized carbons (Fsp3) is 0.348. The van der Waals surface area contributed by atoms with Crippen LogP contribution in [-0.2, 0) is 17.9 Å². The first kappa shape index (κ1) is 19.2. The van der Waals surface area contributed by atoms with Crippen molar-refractivity contribution in [3.63, 3.8) is 0 Å². The van der Waals surface area contributed by atoms with E-state index in [1.54, 1.807) is 11.9 Å². The molecule has 6 nitrogen and oxygen atoms in total. The Kier molecular flexibility index (Phi) is 5.60. The second-order valence-corrected chi connectivity index (χ2v) is 7.64. The molecule has 0 unspecified atom stereocenters. The van der Waals surface area contributed by atoms with E-state index in [-0.39, 0.29) is 18.0 Å². The molecule has 29 heavy (non-hydrogen) atoms. The lowest BCUT2D eigenvalue weighted by Crippen LogP contribution is -2.33. The van der Waals surface area contributed by atoms with Gasteiger partial charge in [-0.15, -0.1) is 0 Å². The highest BCUT2D eigenvalue weighted by Crippen LogP contribution is 2.20. The van der Waals surface area contributed by atoms with Gasteiger partial charge in [-0.3, -0.25) is 14.2 Å². The standard InChI is InChI=1S/C23H26N4O2/c1-25(16-18-9-11-19(12-10-18)26-13-5-2-6-14-26)23(29)17-27-21-8-4-3-7-20(21)24-15-22(27)28/h3-4,7-12,15H,2,5-6,13-14,16-17H2,1H3. The maximum absolute atomic E-state index is 12.8. The fourth-order valence-electron chi connectivity index (χ4n) is 3.86. The average molecular weight is 390 g/mol. The highest BCUT2D eigenvalue weighted by atomic mass is 16.2. The molecular formula is C23H26N4O2. The molecule has 150 valence electrons. The maximum Gasteiger partial charge on any atom is 0.269 e. The summed E-state index contributed by atoms with van der Waals surface area (Å²) in [5, 5.41) is 0. The molecule has 1 saturated heterocycles. The normalized spacial score (nSPS) is 14.2. The number of hydrogen-bond donors (Lipinski definition) is 0. The number of amides is 1. The first-order valence-corrected chi connectivity index (χ1v) is 10.1. The molecule has 1 amide bonds. The third-order valence-corrected chi connectivity index (χ3v) is 5.55. The van der Waals surface area contributed by atoms with Gasteiger partial charge >= 0.3 is 0 Å². The lowest BCUT2D eigenvalue weighted by Gasteiger charge is -2.29. The van der Waals surface area contributed by atoms with Crippen LogP contribution < -0.4 is 10.5 Å². The Morgan fingerprint density at radius 3 is 2.52 bits per heavy atom. The highest BCUT2D eigenvalue weighted by Gasteiger charge is 2.14. The summed E-state index contributed by atoms with van der Waals surface area (Å²) in [4.78, 5) is 33.3. The van der Waals surface area contributed by atoms with E-state index in [0.717, 1.165) is 18.7 Å². The molecule has 0 atom stereocenters. The Morgan fingerprint density at radius 1 is 1.03 bits per heavy atom. The van der Waals surface area contributed by atoms with Crippen molar-refractivity contribution in [3.8, 4) is 0 Å². The molecule has 2 heterocycles. The van der Waals surface area contributed by atoms with Crippen molar-refractivity contribution in [2.75, 3.05) is 25.0 Å². The van der Waals surface area contributed by atoms with Crippen LogP contribution in [0.1, 0.15) is 24.8 Å². The number of benzene rings is 2. The summed E-state index contributed by atoms with van der Waals surface area (Å²) in [7, 11) is 1.77. The Balaban J connectivity index is 1.44. The smallest absolute Gasteiger partial charge is 0.269 e. The highest BCUT2D eigenvalue weighted by molar-refractivity contribution is 5.80. The van der Waals surface area contributed by atoms with Crippen molar-refractivity contribution in [2.45, 2.75) is 32.4 Å². The van der Waals surface area contributed by atoms with Gasteiger partial charge in [0.2, 0.25) is 5.91 Å². The molecule has 1 aliphatic rings. The van der Waals surface area contributed by atoms with Gasteiger partial charge in [-0.25, -0.2) is 4.98 Å². The van der Waals surface area contributed by atoms with Gasteiger partial charge in [-0.1, -0.05) is 24.3 Å². The third kappa shape index (κ3) is 4.31. The second-order valence-electron chi connectivity index (χ2n) is 7.64. The van der Waals surface area contributed by atoms with E-state index in [2.05, 4.69) is 34.1 Å². The first-order valence-electron chi connectivity index (χ1n) is 10.1. The van der Waals surface area contributed by atoms with Crippen LogP contribution in [0.25, 0.3) is 11.0 Å². The van der Waals surface area contributed by atoms with Crippen molar-refractivity contribution in [2.24, 2.45) is 0 Å². The van der Waals surface area contributed by atoms with Crippen LogP contribution in [0, 0.1) is 0 Å². The predicted molar refractivity (Wildman–Crippen MR) is 115 cm³/mol. The number of anilines is 1. The van der Waals surface area contributed by atoms with Crippen LogP contribution >= 0.6 is 0 Å². The second kappa shape index (κ2) is 8.47. The molecule has 0 saturated carbocycles. The minimum atomic E-state index is -0.267. The summed E-state index contributed by atoms with van der Waals surface area (Å²) >= 11 is 0. The summed E-state index contributed by atoms with van der Waals surface area (Å²) in [5.74, 6) is -0.108. The monoisotopic (exact) mass is 390 g/mol. The Morgan fingerprint density at radius 2 is 1.76 bits per heavy atom. The van der Waals surface area contributed by atoms with E-state index in [1.165, 1.54) is 35.7 Å². The van der Waals surface area contributed by atoms with E-state index < -0.39 is 0 Å². The minimum Gasteiger partial charge on any atom is -0.372 e. The number of para-hydroxylation sites is 2. The molecule has 4 rings (SSSR count). The van der Waals surface area contributed by atoms with Crippen LogP contribution in [0.2, 0.25) is 0 Å². The SMILES string of the molecule is CN(Cc1ccc(N2CCCCC2)cc1)C(=O)Cn1c(=O)cnc2ccccc21. The van der Waals surface area contributed by atoms with Gasteiger partial charge in [0, 0.05) is 32.4 Å². The molecule has 0 bridgehead atoms. The number of carbonyl (C=O) groups is 1. The quantitative estimate of drug-likeness (QED) is 0.672. The number of piperidine rings is 1. The largest absolute Gasteiger partial charge is 0.372 e. The number of aromatic nitrogens is 2. The zero-order chi connectivity index (χ0) is 20.2. The third-order valence-electron chi connectivity index (χ3n) is 5.55. The van der Waals surface area contributed by atoms with E-state index in [4.69, 9.17) is 0 Å². The van der Waals surface area contributed by atoms with Gasteiger partial charge in [-0.05, 0) is 49.1 Å². The molecule has 0 radical (unpaired) electrons. The number of fused-ring (bicyclic) bond motifs is 1. The number of nitrogens with zero attached hydrogens (tertiary/aromatic N) is 4. The fourth-order valence-corrected chi connectivity index (χ4v) is 3.86. The predicted octanol–water partition coefficient (Wildman–Crippen LogP) is 3.05. The van der Waals surface area contributed by atoms with Crippen LogP contribution in [0.3, 0.4) is 0 Å². The summed E-state index contributed by atoms with van der Waals surface area (Å²) in [6.07, 6.45) is 5.09. The minimum absolute atomic E-state index is 0.00419. The topological polar surface area (TPSA) is 58.4 Å². The van der Waals surface area contributed by atoms with Crippen LogP contribution in [0.15, 0.2) is 59.5 Å². The number of hydrogen-bond acceptors (Lipinski definition) is 4. The average Bonchev–Trinajstić information content (AvgIpc) is 2.77. The molecule has 2 aromatic carbocycles. The molecule has 0 aliphatic carbocycles. The Labute approximate surface area is 170 Å². The van der Waals surface area contributed by atoms with Crippen molar-refractivity contribution in [3.05, 3.63) is 70.6 Å². The van der Waals surface area contributed by atoms with Crippen molar-refractivity contribution < 1.29 is 4.79 Å². The van der Waals surface area contributed by atoms with Gasteiger partial charge in [-0.2, -0.15) is 0 Å².